The number of benzene rings is 1. The number of ether oxygens (including phenoxy) is 1. The van der Waals surface area contributed by atoms with Gasteiger partial charge < -0.3 is 15.8 Å². The number of amides is 1. The van der Waals surface area contributed by atoms with Crippen molar-refractivity contribution in [2.75, 3.05) is 12.8 Å². The van der Waals surface area contributed by atoms with Gasteiger partial charge in [-0.2, -0.15) is 0 Å². The lowest BCUT2D eigenvalue weighted by atomic mass is 10.2. The third-order valence-electron chi connectivity index (χ3n) is 2.54. The fourth-order valence-electron chi connectivity index (χ4n) is 1.60. The first kappa shape index (κ1) is 13.9. The molecule has 1 heterocycles. The number of nitrogen functional groups attached to an aromatic ring is 1. The minimum atomic E-state index is -0.0925. The van der Waals surface area contributed by atoms with Crippen molar-refractivity contribution in [1.29, 1.82) is 0 Å². The molecule has 2 aromatic rings. The normalized spacial score (nSPS) is 10.2. The fraction of sp³-hybridized carbons (Fsp3) is 0.154. The third-order valence-corrected chi connectivity index (χ3v) is 4.17. The maximum Gasteiger partial charge on any atom is 0.261 e. The Morgan fingerprint density at radius 1 is 1.42 bits per heavy atom. The number of hydrogen-bond acceptors (Lipinski definition) is 4. The molecule has 0 unspecified atom stereocenters. The number of halogens is 1. The molecule has 19 heavy (non-hydrogen) atoms. The number of rotatable bonds is 4. The average Bonchev–Trinajstić information content (AvgIpc) is 2.83. The maximum absolute atomic E-state index is 11.9. The van der Waals surface area contributed by atoms with Crippen LogP contribution in [0.15, 0.2) is 34.1 Å². The Bertz CT molecular complexity index is 598. The Kier molecular flexibility index (Phi) is 4.44. The number of thiophene rings is 1. The van der Waals surface area contributed by atoms with Gasteiger partial charge in [0.1, 0.15) is 5.75 Å². The summed E-state index contributed by atoms with van der Waals surface area (Å²) in [6.45, 7) is 0.433. The highest BCUT2D eigenvalue weighted by Gasteiger charge is 2.08. The van der Waals surface area contributed by atoms with E-state index in [-0.39, 0.29) is 5.91 Å². The molecule has 2 rings (SSSR count). The minimum absolute atomic E-state index is 0.0925. The Hall–Kier alpha value is -1.53. The Labute approximate surface area is 123 Å². The smallest absolute Gasteiger partial charge is 0.261 e. The summed E-state index contributed by atoms with van der Waals surface area (Å²) in [5, 5.41) is 2.85. The van der Waals surface area contributed by atoms with E-state index in [1.807, 2.05) is 12.1 Å². The fourth-order valence-corrected chi connectivity index (χ4v) is 2.90. The highest BCUT2D eigenvalue weighted by Crippen LogP contribution is 2.23. The van der Waals surface area contributed by atoms with Gasteiger partial charge in [-0.25, -0.2) is 0 Å². The van der Waals surface area contributed by atoms with E-state index in [1.54, 1.807) is 25.3 Å². The second kappa shape index (κ2) is 6.08. The molecule has 1 aromatic carbocycles. The van der Waals surface area contributed by atoms with Crippen LogP contribution in [-0.4, -0.2) is 13.0 Å². The van der Waals surface area contributed by atoms with Gasteiger partial charge >= 0.3 is 0 Å². The van der Waals surface area contributed by atoms with E-state index in [9.17, 15) is 4.79 Å². The minimum Gasteiger partial charge on any atom is -0.495 e. The number of hydrogen-bond donors (Lipinski definition) is 2. The summed E-state index contributed by atoms with van der Waals surface area (Å²) in [5.41, 5.74) is 7.31. The van der Waals surface area contributed by atoms with Crippen LogP contribution in [0.3, 0.4) is 0 Å². The number of nitrogens with one attached hydrogen (secondary N) is 1. The first-order valence-corrected chi connectivity index (χ1v) is 7.17. The summed E-state index contributed by atoms with van der Waals surface area (Å²) in [6.07, 6.45) is 0. The molecular formula is C13H13BrN2O2S. The molecular weight excluding hydrogens is 328 g/mol. The van der Waals surface area contributed by atoms with Gasteiger partial charge in [-0.15, -0.1) is 11.3 Å². The zero-order chi connectivity index (χ0) is 13.8. The number of methoxy groups -OCH3 is 1. The lowest BCUT2D eigenvalue weighted by molar-refractivity contribution is 0.0955. The van der Waals surface area contributed by atoms with Gasteiger partial charge in [0.15, 0.2) is 0 Å². The standard InChI is InChI=1S/C13H13BrN2O2S/c1-18-10-3-2-8(6-9(10)15)7-16-13(17)11-4-5-12(14)19-11/h2-6H,7,15H2,1H3,(H,16,17). The van der Waals surface area contributed by atoms with E-state index in [1.165, 1.54) is 11.3 Å². The molecule has 1 aromatic heterocycles. The zero-order valence-corrected chi connectivity index (χ0v) is 12.7. The van der Waals surface area contributed by atoms with Crippen molar-refractivity contribution in [3.8, 4) is 5.75 Å². The van der Waals surface area contributed by atoms with Gasteiger partial charge in [-0.05, 0) is 45.8 Å². The largest absolute Gasteiger partial charge is 0.495 e. The Morgan fingerprint density at radius 3 is 2.79 bits per heavy atom. The van der Waals surface area contributed by atoms with Crippen LogP contribution in [0, 0.1) is 0 Å². The quantitative estimate of drug-likeness (QED) is 0.840. The number of carbonyl (C=O) groups is 1. The van der Waals surface area contributed by atoms with Crippen molar-refractivity contribution < 1.29 is 9.53 Å². The number of anilines is 1. The summed E-state index contributed by atoms with van der Waals surface area (Å²) in [4.78, 5) is 12.5. The van der Waals surface area contributed by atoms with Crippen LogP contribution in [-0.2, 0) is 6.54 Å². The van der Waals surface area contributed by atoms with Crippen LogP contribution in [0.2, 0.25) is 0 Å². The number of nitrogens with two attached hydrogens (primary N) is 1. The predicted octanol–water partition coefficient (Wildman–Crippen LogP) is 3.03. The Morgan fingerprint density at radius 2 is 2.21 bits per heavy atom. The lowest BCUT2D eigenvalue weighted by Gasteiger charge is -2.08. The number of carbonyl (C=O) groups excluding carboxylic acids is 1. The van der Waals surface area contributed by atoms with E-state index in [2.05, 4.69) is 21.2 Å². The molecule has 3 N–H and O–H groups in total. The summed E-state index contributed by atoms with van der Waals surface area (Å²) in [5.74, 6) is 0.544. The van der Waals surface area contributed by atoms with Crippen LogP contribution < -0.4 is 15.8 Å². The molecule has 4 nitrogen and oxygen atoms in total. The van der Waals surface area contributed by atoms with Crippen molar-refractivity contribution in [3.63, 3.8) is 0 Å². The van der Waals surface area contributed by atoms with Gasteiger partial charge in [0, 0.05) is 6.54 Å². The van der Waals surface area contributed by atoms with Gasteiger partial charge in [-0.1, -0.05) is 6.07 Å². The molecule has 6 heteroatoms. The molecule has 0 saturated carbocycles. The van der Waals surface area contributed by atoms with E-state index < -0.39 is 0 Å². The summed E-state index contributed by atoms with van der Waals surface area (Å²) >= 11 is 4.73. The van der Waals surface area contributed by atoms with Crippen molar-refractivity contribution in [3.05, 3.63) is 44.6 Å². The van der Waals surface area contributed by atoms with Gasteiger partial charge in [0.25, 0.3) is 5.91 Å². The van der Waals surface area contributed by atoms with Crippen molar-refractivity contribution in [2.45, 2.75) is 6.54 Å². The average molecular weight is 341 g/mol. The SMILES string of the molecule is COc1ccc(CNC(=O)c2ccc(Br)s2)cc1N. The topological polar surface area (TPSA) is 64.3 Å². The molecule has 0 aliphatic heterocycles. The molecule has 0 aliphatic carbocycles. The van der Waals surface area contributed by atoms with E-state index in [0.717, 1.165) is 9.35 Å². The molecule has 100 valence electrons. The first-order valence-electron chi connectivity index (χ1n) is 5.56. The van der Waals surface area contributed by atoms with Crippen molar-refractivity contribution >= 4 is 38.9 Å². The molecule has 0 radical (unpaired) electrons. The van der Waals surface area contributed by atoms with Crippen molar-refractivity contribution in [1.82, 2.24) is 5.32 Å². The monoisotopic (exact) mass is 340 g/mol. The molecule has 0 aliphatic rings. The molecule has 0 bridgehead atoms. The molecule has 0 fully saturated rings. The highest BCUT2D eigenvalue weighted by molar-refractivity contribution is 9.11. The van der Waals surface area contributed by atoms with Crippen molar-refractivity contribution in [2.24, 2.45) is 0 Å². The third kappa shape index (κ3) is 3.48. The molecule has 1 amide bonds. The Balaban J connectivity index is 1.99. The predicted molar refractivity (Wildman–Crippen MR) is 80.6 cm³/mol. The first-order chi connectivity index (χ1) is 9.10. The van der Waals surface area contributed by atoms with Crippen LogP contribution in [0.5, 0.6) is 5.75 Å². The van der Waals surface area contributed by atoms with E-state index in [0.29, 0.717) is 22.9 Å². The van der Waals surface area contributed by atoms with Gasteiger partial charge in [0.2, 0.25) is 0 Å². The molecule has 0 saturated heterocycles. The molecule has 0 atom stereocenters. The zero-order valence-electron chi connectivity index (χ0n) is 10.3. The maximum atomic E-state index is 11.9. The summed E-state index contributed by atoms with van der Waals surface area (Å²) in [7, 11) is 1.57. The van der Waals surface area contributed by atoms with E-state index >= 15 is 0 Å². The van der Waals surface area contributed by atoms with Crippen LogP contribution >= 0.6 is 27.3 Å². The van der Waals surface area contributed by atoms with Crippen LogP contribution in [0.25, 0.3) is 0 Å². The van der Waals surface area contributed by atoms with Crippen LogP contribution in [0.4, 0.5) is 5.69 Å². The van der Waals surface area contributed by atoms with Gasteiger partial charge in [-0.3, -0.25) is 4.79 Å². The molecule has 0 spiro atoms. The second-order valence-electron chi connectivity index (χ2n) is 3.86. The van der Waals surface area contributed by atoms with Gasteiger partial charge in [0.05, 0.1) is 21.5 Å². The van der Waals surface area contributed by atoms with E-state index in [4.69, 9.17) is 10.5 Å². The summed E-state index contributed by atoms with van der Waals surface area (Å²) in [6, 6.07) is 9.10. The van der Waals surface area contributed by atoms with Crippen LogP contribution in [0.1, 0.15) is 15.2 Å². The lowest BCUT2D eigenvalue weighted by Crippen LogP contribution is -2.21. The second-order valence-corrected chi connectivity index (χ2v) is 6.33. The summed E-state index contributed by atoms with van der Waals surface area (Å²) < 4.78 is 6.02. The highest BCUT2D eigenvalue weighted by atomic mass is 79.9.